The van der Waals surface area contributed by atoms with Crippen LogP contribution in [0.3, 0.4) is 0 Å². The molecule has 1 aromatic rings. The zero-order valence-electron chi connectivity index (χ0n) is 7.40. The van der Waals surface area contributed by atoms with Crippen molar-refractivity contribution >= 4 is 5.69 Å². The number of nitro benzene ring substituents is 1. The van der Waals surface area contributed by atoms with E-state index in [1.54, 1.807) is 0 Å². The summed E-state index contributed by atoms with van der Waals surface area (Å²) in [7, 11) is 0. The Kier molecular flexibility index (Phi) is 3.21. The van der Waals surface area contributed by atoms with Crippen LogP contribution in [0.1, 0.15) is 5.56 Å². The molecule has 5 nitrogen and oxygen atoms in total. The van der Waals surface area contributed by atoms with Crippen LogP contribution in [0.15, 0.2) is 12.1 Å². The number of phenolic OH excluding ortho intramolecular Hbond substituents is 1. The molecule has 2 N–H and O–H groups in total. The first-order valence-corrected chi connectivity index (χ1v) is 3.83. The average Bonchev–Trinajstić information content (AvgIpc) is 2.19. The number of hydrogen-bond donors (Lipinski definition) is 2. The third-order valence-electron chi connectivity index (χ3n) is 1.55. The van der Waals surface area contributed by atoms with Crippen LogP contribution < -0.4 is 0 Å². The van der Waals surface area contributed by atoms with E-state index in [1.165, 1.54) is 0 Å². The summed E-state index contributed by atoms with van der Waals surface area (Å²) in [6.45, 7) is -0.434. The van der Waals surface area contributed by atoms with Crippen LogP contribution in [-0.4, -0.2) is 21.7 Å². The van der Waals surface area contributed by atoms with Gasteiger partial charge in [0.05, 0.1) is 4.92 Å². The summed E-state index contributed by atoms with van der Waals surface area (Å²) in [5.74, 6) is 2.38. The molecule has 0 radical (unpaired) electrons. The van der Waals surface area contributed by atoms with Crippen molar-refractivity contribution in [2.24, 2.45) is 0 Å². The molecule has 0 atom stereocenters. The first kappa shape index (κ1) is 10.9. The van der Waals surface area contributed by atoms with Crippen LogP contribution in [0.2, 0.25) is 0 Å². The standard InChI is InChI=1S/C9H6FNO4/c10-7-4-6(2-1-3-12)5-8(9(7)13)11(14)15/h4-5,12-13H,3H2. The molecule has 6 heteroatoms. The fraction of sp³-hybridized carbons (Fsp3) is 0.111. The number of hydrogen-bond acceptors (Lipinski definition) is 4. The van der Waals surface area contributed by atoms with Crippen molar-refractivity contribution in [1.29, 1.82) is 0 Å². The van der Waals surface area contributed by atoms with Crippen molar-refractivity contribution in [3.8, 4) is 17.6 Å². The van der Waals surface area contributed by atoms with Gasteiger partial charge in [-0.1, -0.05) is 11.8 Å². The molecule has 0 unspecified atom stereocenters. The molecule has 0 spiro atoms. The number of nitro groups is 1. The normalized spacial score (nSPS) is 9.20. The molecule has 0 aliphatic carbocycles. The van der Waals surface area contributed by atoms with Gasteiger partial charge in [0.15, 0.2) is 5.82 Å². The number of rotatable bonds is 1. The van der Waals surface area contributed by atoms with Crippen LogP contribution in [0.5, 0.6) is 5.75 Å². The maximum atomic E-state index is 12.9. The number of aliphatic hydroxyl groups is 1. The molecule has 15 heavy (non-hydrogen) atoms. The smallest absolute Gasteiger partial charge is 0.315 e. The van der Waals surface area contributed by atoms with Crippen molar-refractivity contribution in [2.75, 3.05) is 6.61 Å². The highest BCUT2D eigenvalue weighted by atomic mass is 19.1. The first-order chi connectivity index (χ1) is 7.06. The molecule has 0 aromatic heterocycles. The second kappa shape index (κ2) is 4.39. The van der Waals surface area contributed by atoms with Gasteiger partial charge in [0.2, 0.25) is 5.75 Å². The van der Waals surface area contributed by atoms with Gasteiger partial charge in [-0.3, -0.25) is 10.1 Å². The number of aromatic hydroxyl groups is 1. The minimum Gasteiger partial charge on any atom is -0.500 e. The average molecular weight is 211 g/mol. The topological polar surface area (TPSA) is 83.6 Å². The predicted octanol–water partition coefficient (Wildman–Crippen LogP) is 0.783. The van der Waals surface area contributed by atoms with E-state index in [0.29, 0.717) is 0 Å². The number of halogens is 1. The summed E-state index contributed by atoms with van der Waals surface area (Å²) in [5, 5.41) is 27.8. The lowest BCUT2D eigenvalue weighted by molar-refractivity contribution is -0.386. The van der Waals surface area contributed by atoms with E-state index in [2.05, 4.69) is 11.8 Å². The van der Waals surface area contributed by atoms with Gasteiger partial charge in [-0.15, -0.1) is 0 Å². The summed E-state index contributed by atoms with van der Waals surface area (Å²) in [5.41, 5.74) is -0.733. The SMILES string of the molecule is O=[N+]([O-])c1cc(C#CCO)cc(F)c1O. The van der Waals surface area contributed by atoms with Crippen molar-refractivity contribution in [1.82, 2.24) is 0 Å². The molecule has 1 aromatic carbocycles. The van der Waals surface area contributed by atoms with E-state index in [4.69, 9.17) is 10.2 Å². The van der Waals surface area contributed by atoms with Gasteiger partial charge in [0.25, 0.3) is 0 Å². The Morgan fingerprint density at radius 1 is 1.53 bits per heavy atom. The van der Waals surface area contributed by atoms with Gasteiger partial charge >= 0.3 is 5.69 Å². The molecule has 0 aliphatic rings. The van der Waals surface area contributed by atoms with E-state index in [0.717, 1.165) is 12.1 Å². The zero-order chi connectivity index (χ0) is 11.4. The number of benzene rings is 1. The Labute approximate surface area is 83.9 Å². The van der Waals surface area contributed by atoms with Crippen LogP contribution in [-0.2, 0) is 0 Å². The van der Waals surface area contributed by atoms with Crippen molar-refractivity contribution in [3.63, 3.8) is 0 Å². The predicted molar refractivity (Wildman–Crippen MR) is 48.7 cm³/mol. The van der Waals surface area contributed by atoms with E-state index in [9.17, 15) is 14.5 Å². The lowest BCUT2D eigenvalue weighted by Gasteiger charge is -1.98. The highest BCUT2D eigenvalue weighted by Gasteiger charge is 2.18. The molecule has 78 valence electrons. The molecule has 0 heterocycles. The fourth-order valence-electron chi connectivity index (χ4n) is 0.937. The molecule has 0 aliphatic heterocycles. The molecular formula is C9H6FNO4. The summed E-state index contributed by atoms with van der Waals surface area (Å²) in [6.07, 6.45) is 0. The van der Waals surface area contributed by atoms with Gasteiger partial charge in [-0.25, -0.2) is 4.39 Å². The minimum absolute atomic E-state index is 0.0195. The molecule has 0 fully saturated rings. The van der Waals surface area contributed by atoms with Crippen LogP contribution in [0, 0.1) is 27.8 Å². The van der Waals surface area contributed by atoms with Gasteiger partial charge in [0.1, 0.15) is 6.61 Å². The molecule has 0 bridgehead atoms. The summed E-state index contributed by atoms with van der Waals surface area (Å²) in [4.78, 5) is 9.47. The summed E-state index contributed by atoms with van der Waals surface area (Å²) in [6, 6.07) is 1.78. The fourth-order valence-corrected chi connectivity index (χ4v) is 0.937. The Morgan fingerprint density at radius 3 is 2.73 bits per heavy atom. The largest absolute Gasteiger partial charge is 0.500 e. The lowest BCUT2D eigenvalue weighted by atomic mass is 10.2. The summed E-state index contributed by atoms with van der Waals surface area (Å²) < 4.78 is 12.9. The van der Waals surface area contributed by atoms with E-state index >= 15 is 0 Å². The molecule has 0 saturated heterocycles. The maximum Gasteiger partial charge on any atom is 0.315 e. The molecular weight excluding hydrogens is 205 g/mol. The number of phenols is 1. The highest BCUT2D eigenvalue weighted by Crippen LogP contribution is 2.29. The minimum atomic E-state index is -1.12. The monoisotopic (exact) mass is 211 g/mol. The first-order valence-electron chi connectivity index (χ1n) is 3.83. The maximum absolute atomic E-state index is 12.9. The van der Waals surface area contributed by atoms with Crippen molar-refractivity contribution < 1.29 is 19.5 Å². The Bertz CT molecular complexity index is 461. The third kappa shape index (κ3) is 2.42. The Morgan fingerprint density at radius 2 is 2.20 bits per heavy atom. The quantitative estimate of drug-likeness (QED) is 0.408. The second-order valence-electron chi connectivity index (χ2n) is 2.54. The van der Waals surface area contributed by atoms with Gasteiger partial charge in [-0.2, -0.15) is 0 Å². The Hall–Kier alpha value is -2.13. The molecule has 0 amide bonds. The van der Waals surface area contributed by atoms with Gasteiger partial charge in [-0.05, 0) is 6.07 Å². The van der Waals surface area contributed by atoms with E-state index in [-0.39, 0.29) is 5.56 Å². The van der Waals surface area contributed by atoms with Crippen LogP contribution in [0.25, 0.3) is 0 Å². The lowest BCUT2D eigenvalue weighted by Crippen LogP contribution is -1.92. The van der Waals surface area contributed by atoms with Crippen LogP contribution >= 0.6 is 0 Å². The number of aliphatic hydroxyl groups excluding tert-OH is 1. The zero-order valence-corrected chi connectivity index (χ0v) is 7.40. The molecule has 1 rings (SSSR count). The van der Waals surface area contributed by atoms with Crippen molar-refractivity contribution in [3.05, 3.63) is 33.6 Å². The van der Waals surface area contributed by atoms with Crippen LogP contribution in [0.4, 0.5) is 10.1 Å². The van der Waals surface area contributed by atoms with Crippen molar-refractivity contribution in [2.45, 2.75) is 0 Å². The third-order valence-corrected chi connectivity index (χ3v) is 1.55. The number of nitrogens with zero attached hydrogens (tertiary/aromatic N) is 1. The van der Waals surface area contributed by atoms with E-state index < -0.39 is 28.8 Å². The molecule has 0 saturated carbocycles. The second-order valence-corrected chi connectivity index (χ2v) is 2.54. The summed E-state index contributed by atoms with van der Waals surface area (Å²) >= 11 is 0. The highest BCUT2D eigenvalue weighted by molar-refractivity contribution is 5.52. The Balaban J connectivity index is 3.29. The van der Waals surface area contributed by atoms with E-state index in [1.807, 2.05) is 0 Å². The van der Waals surface area contributed by atoms with Gasteiger partial charge < -0.3 is 10.2 Å². The van der Waals surface area contributed by atoms with Gasteiger partial charge in [0, 0.05) is 11.6 Å².